The minimum Gasteiger partial charge on any atom is -0.271 e. The average molecular weight is 290 g/mol. The Morgan fingerprint density at radius 1 is 1.05 bits per heavy atom. The van der Waals surface area contributed by atoms with Crippen LogP contribution in [0, 0.1) is 0 Å². The summed E-state index contributed by atoms with van der Waals surface area (Å²) in [5, 5.41) is 0.479. The fourth-order valence-corrected chi connectivity index (χ4v) is 2.23. The Balaban J connectivity index is 2.30. The highest BCUT2D eigenvalue weighted by Crippen LogP contribution is 2.26. The van der Waals surface area contributed by atoms with E-state index in [1.54, 1.807) is 12.3 Å². The quantitative estimate of drug-likeness (QED) is 0.516. The zero-order valence-corrected chi connectivity index (χ0v) is 12.8. The van der Waals surface area contributed by atoms with E-state index in [4.69, 9.17) is 17.4 Å². The lowest BCUT2D eigenvalue weighted by molar-refractivity contribution is 0.588. The summed E-state index contributed by atoms with van der Waals surface area (Å²) in [6.07, 6.45) is 1.74. The Labute approximate surface area is 125 Å². The van der Waals surface area contributed by atoms with Crippen molar-refractivity contribution in [1.29, 1.82) is 0 Å². The van der Waals surface area contributed by atoms with E-state index in [1.807, 2.05) is 6.07 Å². The monoisotopic (exact) mass is 289 g/mol. The molecule has 1 aromatic heterocycles. The summed E-state index contributed by atoms with van der Waals surface area (Å²) >= 11 is 5.81. The summed E-state index contributed by atoms with van der Waals surface area (Å²) in [5.41, 5.74) is 6.36. The second-order valence-electron chi connectivity index (χ2n) is 5.89. The van der Waals surface area contributed by atoms with Gasteiger partial charge in [-0.1, -0.05) is 62.7 Å². The molecule has 0 aliphatic rings. The summed E-state index contributed by atoms with van der Waals surface area (Å²) in [5.74, 6) is 5.69. The Morgan fingerprint density at radius 3 is 2.10 bits per heavy atom. The molecule has 0 aliphatic carbocycles. The van der Waals surface area contributed by atoms with E-state index >= 15 is 0 Å². The Kier molecular flexibility index (Phi) is 4.43. The molecule has 2 aromatic rings. The Morgan fingerprint density at radius 2 is 1.65 bits per heavy atom. The zero-order valence-electron chi connectivity index (χ0n) is 12.0. The van der Waals surface area contributed by atoms with Crippen LogP contribution in [0.25, 0.3) is 0 Å². The van der Waals surface area contributed by atoms with E-state index in [0.29, 0.717) is 5.15 Å². The van der Waals surface area contributed by atoms with Crippen molar-refractivity contribution in [1.82, 2.24) is 10.4 Å². The highest BCUT2D eigenvalue weighted by molar-refractivity contribution is 6.29. The molecule has 1 unspecified atom stereocenters. The fraction of sp³-hybridized carbons (Fsp3) is 0.312. The van der Waals surface area contributed by atoms with Crippen molar-refractivity contribution >= 4 is 11.6 Å². The predicted octanol–water partition coefficient (Wildman–Crippen LogP) is 3.59. The van der Waals surface area contributed by atoms with Crippen molar-refractivity contribution < 1.29 is 0 Å². The number of benzene rings is 1. The van der Waals surface area contributed by atoms with Crippen molar-refractivity contribution in [2.24, 2.45) is 5.84 Å². The van der Waals surface area contributed by atoms with Gasteiger partial charge in [0.25, 0.3) is 0 Å². The molecule has 0 bridgehead atoms. The first kappa shape index (κ1) is 15.0. The van der Waals surface area contributed by atoms with Gasteiger partial charge in [0, 0.05) is 6.20 Å². The molecule has 1 atom stereocenters. The van der Waals surface area contributed by atoms with E-state index in [9.17, 15) is 0 Å². The van der Waals surface area contributed by atoms with Crippen LogP contribution in [0.15, 0.2) is 42.6 Å². The van der Waals surface area contributed by atoms with Crippen molar-refractivity contribution in [3.8, 4) is 0 Å². The summed E-state index contributed by atoms with van der Waals surface area (Å²) < 4.78 is 0. The molecule has 3 nitrogen and oxygen atoms in total. The molecule has 106 valence electrons. The van der Waals surface area contributed by atoms with Gasteiger partial charge in [0.15, 0.2) is 0 Å². The maximum Gasteiger partial charge on any atom is 0.129 e. The third kappa shape index (κ3) is 3.37. The molecule has 1 aromatic carbocycles. The third-order valence-electron chi connectivity index (χ3n) is 3.36. The second kappa shape index (κ2) is 5.92. The van der Waals surface area contributed by atoms with Gasteiger partial charge in [0.2, 0.25) is 0 Å². The summed E-state index contributed by atoms with van der Waals surface area (Å²) in [6, 6.07) is 12.1. The highest BCUT2D eigenvalue weighted by Gasteiger charge is 2.16. The van der Waals surface area contributed by atoms with E-state index < -0.39 is 0 Å². The molecular formula is C16H20ClN3. The maximum absolute atomic E-state index is 5.81. The number of pyridine rings is 1. The molecule has 4 heteroatoms. The average Bonchev–Trinajstić information content (AvgIpc) is 2.41. The summed E-state index contributed by atoms with van der Waals surface area (Å²) in [6.45, 7) is 6.59. The molecule has 3 N–H and O–H groups in total. The van der Waals surface area contributed by atoms with E-state index in [1.165, 1.54) is 5.56 Å². The van der Waals surface area contributed by atoms with Crippen LogP contribution >= 0.6 is 11.6 Å². The molecular weight excluding hydrogens is 270 g/mol. The molecule has 0 amide bonds. The first-order chi connectivity index (χ1) is 9.41. The smallest absolute Gasteiger partial charge is 0.129 e. The highest BCUT2D eigenvalue weighted by atomic mass is 35.5. The van der Waals surface area contributed by atoms with Gasteiger partial charge in [-0.2, -0.15) is 0 Å². The van der Waals surface area contributed by atoms with Crippen LogP contribution in [0.5, 0.6) is 0 Å². The first-order valence-electron chi connectivity index (χ1n) is 6.60. The second-order valence-corrected chi connectivity index (χ2v) is 6.27. The summed E-state index contributed by atoms with van der Waals surface area (Å²) in [4.78, 5) is 4.10. The predicted molar refractivity (Wildman–Crippen MR) is 83.6 cm³/mol. The van der Waals surface area contributed by atoms with E-state index in [-0.39, 0.29) is 11.5 Å². The normalized spacial score (nSPS) is 13.2. The lowest BCUT2D eigenvalue weighted by Crippen LogP contribution is -2.29. The largest absolute Gasteiger partial charge is 0.271 e. The third-order valence-corrected chi connectivity index (χ3v) is 3.58. The molecule has 0 radical (unpaired) electrons. The topological polar surface area (TPSA) is 50.9 Å². The number of hydrogen-bond acceptors (Lipinski definition) is 3. The SMILES string of the molecule is CC(C)(C)c1ccc(C(NN)c2ccc(Cl)nc2)cc1. The molecule has 1 heterocycles. The Hall–Kier alpha value is -1.42. The number of halogens is 1. The van der Waals surface area contributed by atoms with Crippen molar-refractivity contribution in [2.45, 2.75) is 32.2 Å². The number of nitrogens with one attached hydrogen (secondary N) is 1. The molecule has 0 saturated carbocycles. The number of aromatic nitrogens is 1. The van der Waals surface area contributed by atoms with Crippen molar-refractivity contribution in [2.75, 3.05) is 0 Å². The van der Waals surface area contributed by atoms with Crippen molar-refractivity contribution in [3.05, 3.63) is 64.4 Å². The molecule has 20 heavy (non-hydrogen) atoms. The minimum atomic E-state index is -0.0891. The Bertz CT molecular complexity index is 556. The van der Waals surface area contributed by atoms with Crippen LogP contribution in [-0.2, 0) is 5.41 Å². The van der Waals surface area contributed by atoms with Crippen LogP contribution in [0.1, 0.15) is 43.5 Å². The van der Waals surface area contributed by atoms with E-state index in [2.05, 4.69) is 55.4 Å². The van der Waals surface area contributed by atoms with Gasteiger partial charge < -0.3 is 0 Å². The molecule has 0 saturated heterocycles. The molecule has 0 fully saturated rings. The lowest BCUT2D eigenvalue weighted by Gasteiger charge is -2.21. The zero-order chi connectivity index (χ0) is 14.8. The van der Waals surface area contributed by atoms with Gasteiger partial charge in [-0.05, 0) is 28.2 Å². The summed E-state index contributed by atoms with van der Waals surface area (Å²) in [7, 11) is 0. The lowest BCUT2D eigenvalue weighted by atomic mass is 9.86. The van der Waals surface area contributed by atoms with Crippen LogP contribution in [0.4, 0.5) is 0 Å². The van der Waals surface area contributed by atoms with Gasteiger partial charge in [-0.25, -0.2) is 10.4 Å². The maximum atomic E-state index is 5.81. The minimum absolute atomic E-state index is 0.0891. The van der Waals surface area contributed by atoms with Gasteiger partial charge in [0.05, 0.1) is 6.04 Å². The number of hydrogen-bond donors (Lipinski definition) is 2. The number of nitrogens with two attached hydrogens (primary N) is 1. The van der Waals surface area contributed by atoms with Crippen LogP contribution in [-0.4, -0.2) is 4.98 Å². The fourth-order valence-electron chi connectivity index (χ4n) is 2.12. The van der Waals surface area contributed by atoms with Gasteiger partial charge in [0.1, 0.15) is 5.15 Å². The van der Waals surface area contributed by atoms with E-state index in [0.717, 1.165) is 11.1 Å². The number of hydrazine groups is 1. The van der Waals surface area contributed by atoms with Crippen LogP contribution < -0.4 is 11.3 Å². The number of rotatable bonds is 3. The first-order valence-corrected chi connectivity index (χ1v) is 6.97. The van der Waals surface area contributed by atoms with Crippen molar-refractivity contribution in [3.63, 3.8) is 0 Å². The molecule has 0 spiro atoms. The number of nitrogens with zero attached hydrogens (tertiary/aromatic N) is 1. The van der Waals surface area contributed by atoms with Gasteiger partial charge in [-0.3, -0.25) is 5.84 Å². The molecule has 0 aliphatic heterocycles. The standard InChI is InChI=1S/C16H20ClN3/c1-16(2,3)13-7-4-11(5-8-13)15(20-18)12-6-9-14(17)19-10-12/h4-10,15,20H,18H2,1-3H3. The van der Waals surface area contributed by atoms with Gasteiger partial charge in [-0.15, -0.1) is 0 Å². The molecule has 2 rings (SSSR count). The van der Waals surface area contributed by atoms with Gasteiger partial charge >= 0.3 is 0 Å². The van der Waals surface area contributed by atoms with Crippen LogP contribution in [0.3, 0.4) is 0 Å². The van der Waals surface area contributed by atoms with Crippen LogP contribution in [0.2, 0.25) is 5.15 Å².